The van der Waals surface area contributed by atoms with Gasteiger partial charge in [-0.1, -0.05) is 18.2 Å². The van der Waals surface area contributed by atoms with Gasteiger partial charge in [0.2, 0.25) is 0 Å². The summed E-state index contributed by atoms with van der Waals surface area (Å²) in [6, 6.07) is 7.65. The number of guanidine groups is 1. The summed E-state index contributed by atoms with van der Waals surface area (Å²) >= 11 is 0. The number of fused-ring (bicyclic) bond motifs is 1. The monoisotopic (exact) mass is 495 g/mol. The van der Waals surface area contributed by atoms with Crippen molar-refractivity contribution in [3.8, 4) is 5.75 Å². The van der Waals surface area contributed by atoms with Crippen LogP contribution in [0.1, 0.15) is 29.3 Å². The first-order valence-corrected chi connectivity index (χ1v) is 8.17. The molecule has 0 amide bonds. The van der Waals surface area contributed by atoms with Crippen LogP contribution in [0.4, 0.5) is 13.2 Å². The van der Waals surface area contributed by atoms with Crippen molar-refractivity contribution >= 4 is 29.9 Å². The molecule has 6 nitrogen and oxygen atoms in total. The zero-order valence-corrected chi connectivity index (χ0v) is 17.2. The van der Waals surface area contributed by atoms with Gasteiger partial charge in [0.05, 0.1) is 12.6 Å². The summed E-state index contributed by atoms with van der Waals surface area (Å²) in [4.78, 5) is 4.11. The Morgan fingerprint density at radius 1 is 1.37 bits per heavy atom. The molecule has 1 aromatic carbocycles. The van der Waals surface area contributed by atoms with Gasteiger partial charge in [0.25, 0.3) is 0 Å². The molecule has 0 saturated heterocycles. The highest BCUT2D eigenvalue weighted by Gasteiger charge is 2.36. The van der Waals surface area contributed by atoms with Crippen LogP contribution in [0.3, 0.4) is 0 Å². The fraction of sp³-hybridized carbons (Fsp3) is 0.412. The van der Waals surface area contributed by atoms with Gasteiger partial charge in [0.1, 0.15) is 5.75 Å². The first-order chi connectivity index (χ1) is 12.4. The van der Waals surface area contributed by atoms with Crippen molar-refractivity contribution in [2.24, 2.45) is 12.0 Å². The van der Waals surface area contributed by atoms with Crippen molar-refractivity contribution in [3.63, 3.8) is 0 Å². The lowest BCUT2D eigenvalue weighted by Gasteiger charge is -2.28. The first kappa shape index (κ1) is 21.3. The molecule has 148 valence electrons. The zero-order chi connectivity index (χ0) is 18.7. The van der Waals surface area contributed by atoms with Crippen LogP contribution in [-0.4, -0.2) is 29.4 Å². The topological polar surface area (TPSA) is 63.5 Å². The SMILES string of the molecule is CN=C(NCc1cn(C)nc1C(F)(F)F)NC1CCOc2ccccc21.I. The summed E-state index contributed by atoms with van der Waals surface area (Å²) in [5, 5.41) is 9.69. The maximum atomic E-state index is 13.0. The highest BCUT2D eigenvalue weighted by molar-refractivity contribution is 14.0. The lowest BCUT2D eigenvalue weighted by molar-refractivity contribution is -0.142. The molecule has 1 aliphatic rings. The second kappa shape index (κ2) is 8.81. The highest BCUT2D eigenvalue weighted by Crippen LogP contribution is 2.32. The van der Waals surface area contributed by atoms with E-state index in [9.17, 15) is 13.2 Å². The van der Waals surface area contributed by atoms with Gasteiger partial charge in [-0.25, -0.2) is 0 Å². The molecule has 1 unspecified atom stereocenters. The lowest BCUT2D eigenvalue weighted by Crippen LogP contribution is -2.40. The van der Waals surface area contributed by atoms with Gasteiger partial charge in [-0.3, -0.25) is 9.67 Å². The number of halogens is 4. The molecule has 2 N–H and O–H groups in total. The smallest absolute Gasteiger partial charge is 0.435 e. The number of ether oxygens (including phenoxy) is 1. The number of aliphatic imine (C=N–C) groups is 1. The van der Waals surface area contributed by atoms with Crippen LogP contribution < -0.4 is 15.4 Å². The van der Waals surface area contributed by atoms with Gasteiger partial charge in [-0.2, -0.15) is 18.3 Å². The van der Waals surface area contributed by atoms with E-state index < -0.39 is 11.9 Å². The molecule has 0 aliphatic carbocycles. The van der Waals surface area contributed by atoms with Crippen molar-refractivity contribution in [1.29, 1.82) is 0 Å². The minimum atomic E-state index is -4.49. The van der Waals surface area contributed by atoms with Crippen LogP contribution in [0.15, 0.2) is 35.5 Å². The number of nitrogens with one attached hydrogen (secondary N) is 2. The van der Waals surface area contributed by atoms with Gasteiger partial charge in [-0.15, -0.1) is 24.0 Å². The number of para-hydroxylation sites is 1. The third-order valence-corrected chi connectivity index (χ3v) is 4.11. The maximum absolute atomic E-state index is 13.0. The summed E-state index contributed by atoms with van der Waals surface area (Å²) < 4.78 is 45.9. The summed E-state index contributed by atoms with van der Waals surface area (Å²) in [6.07, 6.45) is -2.40. The van der Waals surface area contributed by atoms with Crippen molar-refractivity contribution in [2.45, 2.75) is 25.2 Å². The number of hydrogen-bond acceptors (Lipinski definition) is 3. The molecular weight excluding hydrogens is 474 g/mol. The van der Waals surface area contributed by atoms with E-state index in [1.807, 2.05) is 24.3 Å². The highest BCUT2D eigenvalue weighted by atomic mass is 127. The third-order valence-electron chi connectivity index (χ3n) is 4.11. The van der Waals surface area contributed by atoms with Crippen molar-refractivity contribution in [2.75, 3.05) is 13.7 Å². The Morgan fingerprint density at radius 2 is 2.11 bits per heavy atom. The quantitative estimate of drug-likeness (QED) is 0.390. The number of aryl methyl sites for hydroxylation is 1. The molecular formula is C17H21F3IN5O. The Balaban J connectivity index is 0.00000261. The van der Waals surface area contributed by atoms with E-state index in [2.05, 4.69) is 20.7 Å². The number of nitrogens with zero attached hydrogens (tertiary/aromatic N) is 3. The standard InChI is InChI=1S/C17H20F3N5O.HI/c1-21-16(22-9-11-10-25(2)24-15(11)17(18,19)20)23-13-7-8-26-14-6-4-3-5-12(13)14;/h3-6,10,13H,7-9H2,1-2H3,(H2,21,22,23);1H. The van der Waals surface area contributed by atoms with E-state index in [4.69, 9.17) is 4.74 Å². The average molecular weight is 495 g/mol. The maximum Gasteiger partial charge on any atom is 0.435 e. The normalized spacial score (nSPS) is 16.8. The second-order valence-corrected chi connectivity index (χ2v) is 5.97. The van der Waals surface area contributed by atoms with Crippen LogP contribution in [-0.2, 0) is 19.8 Å². The Labute approximate surface area is 172 Å². The molecule has 2 aromatic rings. The number of alkyl halides is 3. The molecule has 3 rings (SSSR count). The van der Waals surface area contributed by atoms with Crippen LogP contribution in [0, 0.1) is 0 Å². The van der Waals surface area contributed by atoms with E-state index in [0.29, 0.717) is 12.6 Å². The largest absolute Gasteiger partial charge is 0.493 e. The second-order valence-electron chi connectivity index (χ2n) is 5.97. The Hall–Kier alpha value is -1.98. The minimum Gasteiger partial charge on any atom is -0.493 e. The summed E-state index contributed by atoms with van der Waals surface area (Å²) in [7, 11) is 3.04. The molecule has 0 radical (unpaired) electrons. The molecule has 10 heteroatoms. The van der Waals surface area contributed by atoms with Gasteiger partial charge in [0, 0.05) is 44.4 Å². The third kappa shape index (κ3) is 5.05. The average Bonchev–Trinajstić information content (AvgIpc) is 3.00. The van der Waals surface area contributed by atoms with Crippen molar-refractivity contribution < 1.29 is 17.9 Å². The number of aromatic nitrogens is 2. The molecule has 0 bridgehead atoms. The van der Waals surface area contributed by atoms with Crippen LogP contribution in [0.25, 0.3) is 0 Å². The molecule has 1 atom stereocenters. The van der Waals surface area contributed by atoms with Crippen LogP contribution in [0.5, 0.6) is 5.75 Å². The van der Waals surface area contributed by atoms with Crippen molar-refractivity contribution in [1.82, 2.24) is 20.4 Å². The van der Waals surface area contributed by atoms with Gasteiger partial charge in [0.15, 0.2) is 11.7 Å². The molecule has 2 heterocycles. The fourth-order valence-electron chi connectivity index (χ4n) is 2.94. The minimum absolute atomic E-state index is 0. The van der Waals surface area contributed by atoms with Crippen LogP contribution >= 0.6 is 24.0 Å². The van der Waals surface area contributed by atoms with Crippen molar-refractivity contribution in [3.05, 3.63) is 47.3 Å². The molecule has 1 aromatic heterocycles. The van der Waals surface area contributed by atoms with Gasteiger partial charge >= 0.3 is 6.18 Å². The fourth-order valence-corrected chi connectivity index (χ4v) is 2.94. The predicted octanol–water partition coefficient (Wildman–Crippen LogP) is 3.25. The van der Waals surface area contributed by atoms with E-state index in [0.717, 1.165) is 22.4 Å². The van der Waals surface area contributed by atoms with Crippen LogP contribution in [0.2, 0.25) is 0 Å². The van der Waals surface area contributed by atoms with E-state index in [1.165, 1.54) is 13.2 Å². The number of rotatable bonds is 3. The Bertz CT molecular complexity index is 806. The molecule has 0 saturated carbocycles. The molecule has 1 aliphatic heterocycles. The van der Waals surface area contributed by atoms with E-state index in [-0.39, 0.29) is 42.1 Å². The molecule has 27 heavy (non-hydrogen) atoms. The lowest BCUT2D eigenvalue weighted by atomic mass is 10.0. The molecule has 0 spiro atoms. The number of benzene rings is 1. The summed E-state index contributed by atoms with van der Waals surface area (Å²) in [5.74, 6) is 1.22. The van der Waals surface area contributed by atoms with Gasteiger partial charge in [-0.05, 0) is 6.07 Å². The predicted molar refractivity (Wildman–Crippen MR) is 106 cm³/mol. The summed E-state index contributed by atoms with van der Waals surface area (Å²) in [6.45, 7) is 0.528. The Kier molecular flexibility index (Phi) is 6.95. The Morgan fingerprint density at radius 3 is 2.81 bits per heavy atom. The van der Waals surface area contributed by atoms with Gasteiger partial charge < -0.3 is 15.4 Å². The van der Waals surface area contributed by atoms with E-state index >= 15 is 0 Å². The van der Waals surface area contributed by atoms with E-state index in [1.54, 1.807) is 7.05 Å². The molecule has 0 fully saturated rings. The first-order valence-electron chi connectivity index (χ1n) is 8.17. The summed E-state index contributed by atoms with van der Waals surface area (Å²) in [5.41, 5.74) is 0.175. The number of hydrogen-bond donors (Lipinski definition) is 2. The zero-order valence-electron chi connectivity index (χ0n) is 14.9.